The molecule has 2 aliphatic rings. The molecule has 1 heterocycles. The van der Waals surface area contributed by atoms with E-state index in [1.807, 2.05) is 0 Å². The van der Waals surface area contributed by atoms with Crippen molar-refractivity contribution in [2.75, 3.05) is 39.8 Å². The highest BCUT2D eigenvalue weighted by Crippen LogP contribution is 2.28. The summed E-state index contributed by atoms with van der Waals surface area (Å²) in [6.45, 7) is 6.25. The monoisotopic (exact) mass is 253 g/mol. The fourth-order valence-electron chi connectivity index (χ4n) is 3.35. The largest absolute Gasteiger partial charge is 0.325 e. The van der Waals surface area contributed by atoms with Crippen LogP contribution in [0.5, 0.6) is 0 Å². The number of likely N-dealkylation sites (tertiary alicyclic amines) is 1. The van der Waals surface area contributed by atoms with Gasteiger partial charge in [0.25, 0.3) is 0 Å². The zero-order chi connectivity index (χ0) is 12.8. The Kier molecular flexibility index (Phi) is 5.46. The zero-order valence-electron chi connectivity index (χ0n) is 12.2. The molecule has 1 aliphatic carbocycles. The lowest BCUT2D eigenvalue weighted by molar-refractivity contribution is 0.211. The maximum atomic E-state index is 6.49. The molecule has 0 amide bonds. The van der Waals surface area contributed by atoms with Gasteiger partial charge in [-0.1, -0.05) is 19.3 Å². The third-order valence-electron chi connectivity index (χ3n) is 4.84. The molecule has 0 aromatic carbocycles. The average Bonchev–Trinajstić information content (AvgIpc) is 2.88. The van der Waals surface area contributed by atoms with E-state index in [-0.39, 0.29) is 5.54 Å². The lowest BCUT2D eigenvalue weighted by atomic mass is 9.80. The first-order valence-electron chi connectivity index (χ1n) is 7.88. The van der Waals surface area contributed by atoms with Crippen molar-refractivity contribution in [3.05, 3.63) is 0 Å². The van der Waals surface area contributed by atoms with Crippen LogP contribution in [0.1, 0.15) is 51.4 Å². The van der Waals surface area contributed by atoms with Crippen LogP contribution in [0, 0.1) is 0 Å². The van der Waals surface area contributed by atoms with Crippen molar-refractivity contribution in [1.29, 1.82) is 0 Å². The number of nitrogens with zero attached hydrogens (tertiary/aromatic N) is 2. The van der Waals surface area contributed by atoms with E-state index in [2.05, 4.69) is 16.8 Å². The van der Waals surface area contributed by atoms with Gasteiger partial charge in [-0.05, 0) is 58.8 Å². The highest BCUT2D eigenvalue weighted by atomic mass is 15.2. The van der Waals surface area contributed by atoms with Gasteiger partial charge in [0.2, 0.25) is 0 Å². The van der Waals surface area contributed by atoms with Gasteiger partial charge in [0.15, 0.2) is 0 Å². The Hall–Kier alpha value is -0.120. The highest BCUT2D eigenvalue weighted by molar-refractivity contribution is 4.87. The molecule has 0 bridgehead atoms. The summed E-state index contributed by atoms with van der Waals surface area (Å²) in [5.41, 5.74) is 6.64. The van der Waals surface area contributed by atoms with Crippen LogP contribution in [0.4, 0.5) is 0 Å². The molecule has 1 saturated carbocycles. The van der Waals surface area contributed by atoms with E-state index in [1.54, 1.807) is 0 Å². The Morgan fingerprint density at radius 3 is 2.33 bits per heavy atom. The van der Waals surface area contributed by atoms with E-state index in [1.165, 1.54) is 84.1 Å². The molecule has 0 spiro atoms. The lowest BCUT2D eigenvalue weighted by Crippen LogP contribution is -2.44. The molecule has 1 saturated heterocycles. The van der Waals surface area contributed by atoms with Gasteiger partial charge in [-0.3, -0.25) is 0 Å². The number of rotatable bonds is 6. The van der Waals surface area contributed by atoms with Crippen LogP contribution in [0.15, 0.2) is 0 Å². The Labute approximate surface area is 113 Å². The van der Waals surface area contributed by atoms with Gasteiger partial charge in [-0.15, -0.1) is 0 Å². The van der Waals surface area contributed by atoms with Crippen molar-refractivity contribution in [2.45, 2.75) is 56.9 Å². The summed E-state index contributed by atoms with van der Waals surface area (Å²) in [6.07, 6.45) is 10.5. The molecule has 0 radical (unpaired) electrons. The van der Waals surface area contributed by atoms with Crippen molar-refractivity contribution in [2.24, 2.45) is 5.73 Å². The first kappa shape index (κ1) is 14.3. The molecular weight excluding hydrogens is 222 g/mol. The number of hydrogen-bond donors (Lipinski definition) is 1. The molecule has 0 atom stereocenters. The molecule has 3 heteroatoms. The van der Waals surface area contributed by atoms with Crippen molar-refractivity contribution in [1.82, 2.24) is 9.80 Å². The smallest absolute Gasteiger partial charge is 0.0166 e. The van der Waals surface area contributed by atoms with Gasteiger partial charge < -0.3 is 15.5 Å². The molecule has 0 aromatic rings. The number of likely N-dealkylation sites (N-methyl/N-ethyl adjacent to an activating group) is 1. The van der Waals surface area contributed by atoms with Gasteiger partial charge in [-0.25, -0.2) is 0 Å². The second-order valence-corrected chi connectivity index (χ2v) is 6.53. The molecule has 2 fully saturated rings. The van der Waals surface area contributed by atoms with Crippen LogP contribution < -0.4 is 5.73 Å². The summed E-state index contributed by atoms with van der Waals surface area (Å²) >= 11 is 0. The third-order valence-corrected chi connectivity index (χ3v) is 4.84. The zero-order valence-corrected chi connectivity index (χ0v) is 12.2. The van der Waals surface area contributed by atoms with Gasteiger partial charge in [-0.2, -0.15) is 0 Å². The summed E-state index contributed by atoms with van der Waals surface area (Å²) < 4.78 is 0. The minimum absolute atomic E-state index is 0.153. The van der Waals surface area contributed by atoms with Gasteiger partial charge in [0.05, 0.1) is 0 Å². The second-order valence-electron chi connectivity index (χ2n) is 6.53. The summed E-state index contributed by atoms with van der Waals surface area (Å²) in [7, 11) is 2.25. The van der Waals surface area contributed by atoms with E-state index in [0.717, 1.165) is 0 Å². The van der Waals surface area contributed by atoms with Crippen molar-refractivity contribution < 1.29 is 0 Å². The van der Waals surface area contributed by atoms with Crippen molar-refractivity contribution in [3.8, 4) is 0 Å². The fourth-order valence-corrected chi connectivity index (χ4v) is 3.35. The van der Waals surface area contributed by atoms with E-state index in [4.69, 9.17) is 5.73 Å². The van der Waals surface area contributed by atoms with E-state index in [9.17, 15) is 0 Å². The van der Waals surface area contributed by atoms with Gasteiger partial charge >= 0.3 is 0 Å². The first-order valence-corrected chi connectivity index (χ1v) is 7.88. The predicted molar refractivity (Wildman–Crippen MR) is 77.8 cm³/mol. The predicted octanol–water partition coefficient (Wildman–Crippen LogP) is 2.07. The number of nitrogens with two attached hydrogens (primary N) is 1. The third kappa shape index (κ3) is 4.52. The topological polar surface area (TPSA) is 32.5 Å². The molecule has 18 heavy (non-hydrogen) atoms. The van der Waals surface area contributed by atoms with Gasteiger partial charge in [0.1, 0.15) is 0 Å². The highest BCUT2D eigenvalue weighted by Gasteiger charge is 2.27. The Morgan fingerprint density at radius 1 is 1.00 bits per heavy atom. The molecule has 0 unspecified atom stereocenters. The lowest BCUT2D eigenvalue weighted by Gasteiger charge is -2.35. The Balaban J connectivity index is 1.59. The summed E-state index contributed by atoms with van der Waals surface area (Å²) in [4.78, 5) is 5.07. The molecule has 2 N–H and O–H groups in total. The summed E-state index contributed by atoms with van der Waals surface area (Å²) in [5.74, 6) is 0. The quantitative estimate of drug-likeness (QED) is 0.786. The summed E-state index contributed by atoms with van der Waals surface area (Å²) in [5, 5.41) is 0. The molecule has 3 nitrogen and oxygen atoms in total. The second kappa shape index (κ2) is 6.88. The van der Waals surface area contributed by atoms with Crippen molar-refractivity contribution in [3.63, 3.8) is 0 Å². The molecule has 106 valence electrons. The minimum Gasteiger partial charge on any atom is -0.325 e. The Bertz CT molecular complexity index is 230. The van der Waals surface area contributed by atoms with Crippen LogP contribution in [-0.4, -0.2) is 55.1 Å². The van der Waals surface area contributed by atoms with Gasteiger partial charge in [0, 0.05) is 18.6 Å². The standard InChI is InChI=1S/C15H31N3/c1-17(13-14-18-10-5-6-11-18)12-9-15(16)7-3-2-4-8-15/h2-14,16H2,1H3. The number of hydrogen-bond acceptors (Lipinski definition) is 3. The SMILES string of the molecule is CN(CCN1CCCC1)CCC1(N)CCCCC1. The van der Waals surface area contributed by atoms with Crippen molar-refractivity contribution >= 4 is 0 Å². The van der Waals surface area contributed by atoms with Crippen LogP contribution in [0.2, 0.25) is 0 Å². The maximum Gasteiger partial charge on any atom is 0.0166 e. The minimum atomic E-state index is 0.153. The van der Waals surface area contributed by atoms with E-state index in [0.29, 0.717) is 0 Å². The fraction of sp³-hybridized carbons (Fsp3) is 1.00. The molecule has 2 rings (SSSR count). The first-order chi connectivity index (χ1) is 8.68. The average molecular weight is 253 g/mol. The van der Waals surface area contributed by atoms with Crippen LogP contribution in [0.25, 0.3) is 0 Å². The van der Waals surface area contributed by atoms with Crippen LogP contribution in [0.3, 0.4) is 0 Å². The maximum absolute atomic E-state index is 6.49. The molecule has 0 aromatic heterocycles. The Morgan fingerprint density at radius 2 is 1.67 bits per heavy atom. The van der Waals surface area contributed by atoms with Crippen LogP contribution >= 0.6 is 0 Å². The summed E-state index contributed by atoms with van der Waals surface area (Å²) in [6, 6.07) is 0. The molecule has 1 aliphatic heterocycles. The molecular formula is C15H31N3. The normalized spacial score (nSPS) is 24.8. The van der Waals surface area contributed by atoms with E-state index >= 15 is 0 Å². The van der Waals surface area contributed by atoms with E-state index < -0.39 is 0 Å². The van der Waals surface area contributed by atoms with Crippen LogP contribution in [-0.2, 0) is 0 Å².